The molecule has 138 valence electrons. The maximum absolute atomic E-state index is 12.6. The second-order valence-corrected chi connectivity index (χ2v) is 6.90. The van der Waals surface area contributed by atoms with E-state index in [4.69, 9.17) is 9.47 Å². The first-order valence-electron chi connectivity index (χ1n) is 9.29. The molecule has 2 saturated heterocycles. The first-order chi connectivity index (χ1) is 12.7. The summed E-state index contributed by atoms with van der Waals surface area (Å²) in [5.74, 6) is 0.795. The number of carbonyl (C=O) groups is 1. The third kappa shape index (κ3) is 3.29. The number of rotatable bonds is 4. The molecule has 0 bridgehead atoms. The monoisotopic (exact) mass is 355 g/mol. The van der Waals surface area contributed by atoms with Crippen molar-refractivity contribution in [2.75, 3.05) is 31.6 Å². The van der Waals surface area contributed by atoms with Gasteiger partial charge in [0.25, 0.3) is 0 Å². The van der Waals surface area contributed by atoms with Gasteiger partial charge in [0.1, 0.15) is 5.75 Å². The molecule has 1 spiro atoms. The van der Waals surface area contributed by atoms with Crippen molar-refractivity contribution in [3.63, 3.8) is 0 Å². The zero-order valence-corrected chi connectivity index (χ0v) is 15.1. The summed E-state index contributed by atoms with van der Waals surface area (Å²) in [5.41, 5.74) is 1.73. The van der Waals surface area contributed by atoms with Crippen molar-refractivity contribution in [3.8, 4) is 11.4 Å². The van der Waals surface area contributed by atoms with Crippen molar-refractivity contribution in [1.29, 1.82) is 0 Å². The van der Waals surface area contributed by atoms with Crippen molar-refractivity contribution in [3.05, 3.63) is 42.7 Å². The number of aromatic nitrogens is 1. The molecule has 1 aromatic heterocycles. The minimum absolute atomic E-state index is 0.0531. The average molecular weight is 355 g/mol. The molecule has 2 aliphatic heterocycles. The molecule has 0 saturated carbocycles. The number of hydrogen-bond donors (Lipinski definition) is 1. The Morgan fingerprint density at radius 2 is 1.96 bits per heavy atom. The van der Waals surface area contributed by atoms with E-state index in [1.54, 1.807) is 0 Å². The van der Waals surface area contributed by atoms with E-state index in [1.807, 2.05) is 59.1 Å². The zero-order chi connectivity index (χ0) is 18.0. The second kappa shape index (κ2) is 7.03. The first-order valence-corrected chi connectivity index (χ1v) is 9.29. The summed E-state index contributed by atoms with van der Waals surface area (Å²) in [7, 11) is 0. The lowest BCUT2D eigenvalue weighted by Gasteiger charge is -2.47. The van der Waals surface area contributed by atoms with Crippen LogP contribution < -0.4 is 10.1 Å². The summed E-state index contributed by atoms with van der Waals surface area (Å²) in [4.78, 5) is 14.5. The molecule has 26 heavy (non-hydrogen) atoms. The van der Waals surface area contributed by atoms with Crippen LogP contribution in [-0.2, 0) is 4.74 Å². The standard InChI is InChI=1S/C20H25N3O3/c1-2-25-18-6-5-16(15-17(18)22-10-3-4-11-22)21-19(24)23-12-7-20(8-13-23)9-14-26-20/h3-6,10-11,15H,2,7-9,12-14H2,1H3,(H,21,24). The number of likely N-dealkylation sites (tertiary alicyclic amines) is 1. The number of benzene rings is 1. The molecule has 4 rings (SSSR count). The zero-order valence-electron chi connectivity index (χ0n) is 15.1. The summed E-state index contributed by atoms with van der Waals surface area (Å²) >= 11 is 0. The number of carbonyl (C=O) groups excluding carboxylic acids is 1. The van der Waals surface area contributed by atoms with Crippen LogP contribution in [0.15, 0.2) is 42.7 Å². The molecule has 0 radical (unpaired) electrons. The topological polar surface area (TPSA) is 55.7 Å². The second-order valence-electron chi connectivity index (χ2n) is 6.90. The van der Waals surface area contributed by atoms with Crippen LogP contribution in [0.5, 0.6) is 5.75 Å². The van der Waals surface area contributed by atoms with E-state index >= 15 is 0 Å². The van der Waals surface area contributed by atoms with E-state index in [9.17, 15) is 4.79 Å². The predicted molar refractivity (Wildman–Crippen MR) is 100 cm³/mol. The summed E-state index contributed by atoms with van der Waals surface area (Å²) < 4.78 is 13.4. The molecule has 0 atom stereocenters. The van der Waals surface area contributed by atoms with Gasteiger partial charge in [-0.25, -0.2) is 4.79 Å². The van der Waals surface area contributed by atoms with Crippen LogP contribution in [0.25, 0.3) is 5.69 Å². The number of anilines is 1. The Morgan fingerprint density at radius 1 is 1.23 bits per heavy atom. The summed E-state index contributed by atoms with van der Waals surface area (Å²) in [6.07, 6.45) is 6.91. The molecule has 0 unspecified atom stereocenters. The summed E-state index contributed by atoms with van der Waals surface area (Å²) in [5, 5.41) is 3.02. The summed E-state index contributed by atoms with van der Waals surface area (Å²) in [6, 6.07) is 9.61. The van der Waals surface area contributed by atoms with E-state index in [2.05, 4.69) is 5.32 Å². The molecule has 2 fully saturated rings. The largest absolute Gasteiger partial charge is 0.492 e. The molecule has 2 aliphatic rings. The van der Waals surface area contributed by atoms with Crippen molar-refractivity contribution in [2.24, 2.45) is 0 Å². The van der Waals surface area contributed by atoms with Gasteiger partial charge < -0.3 is 24.3 Å². The molecule has 2 aromatic rings. The quantitative estimate of drug-likeness (QED) is 0.910. The van der Waals surface area contributed by atoms with Crippen LogP contribution in [0, 0.1) is 0 Å². The lowest BCUT2D eigenvalue weighted by molar-refractivity contribution is -0.168. The molecule has 6 heteroatoms. The van der Waals surface area contributed by atoms with Crippen molar-refractivity contribution in [1.82, 2.24) is 9.47 Å². The number of hydrogen-bond acceptors (Lipinski definition) is 3. The number of nitrogens with zero attached hydrogens (tertiary/aromatic N) is 2. The third-order valence-corrected chi connectivity index (χ3v) is 5.32. The van der Waals surface area contributed by atoms with E-state index < -0.39 is 0 Å². The van der Waals surface area contributed by atoms with Gasteiger partial charge in [-0.15, -0.1) is 0 Å². The first kappa shape index (κ1) is 17.0. The number of amides is 2. The van der Waals surface area contributed by atoms with Gasteiger partial charge in [0.15, 0.2) is 0 Å². The molecular weight excluding hydrogens is 330 g/mol. The number of nitrogens with one attached hydrogen (secondary N) is 1. The molecule has 1 N–H and O–H groups in total. The maximum atomic E-state index is 12.6. The summed E-state index contributed by atoms with van der Waals surface area (Å²) in [6.45, 7) is 4.91. The highest BCUT2D eigenvalue weighted by Crippen LogP contribution is 2.36. The fraction of sp³-hybridized carbons (Fsp3) is 0.450. The Hall–Kier alpha value is -2.47. The minimum Gasteiger partial charge on any atom is -0.492 e. The van der Waals surface area contributed by atoms with Gasteiger partial charge >= 0.3 is 6.03 Å². The SMILES string of the molecule is CCOc1ccc(NC(=O)N2CCC3(CCO3)CC2)cc1-n1cccc1. The Morgan fingerprint density at radius 3 is 2.58 bits per heavy atom. The van der Waals surface area contributed by atoms with Crippen LogP contribution in [0.3, 0.4) is 0 Å². The fourth-order valence-electron chi connectivity index (χ4n) is 3.67. The van der Waals surface area contributed by atoms with Crippen molar-refractivity contribution >= 4 is 11.7 Å². The van der Waals surface area contributed by atoms with Crippen LogP contribution in [-0.4, -0.2) is 47.4 Å². The van der Waals surface area contributed by atoms with Crippen LogP contribution in [0.1, 0.15) is 26.2 Å². The highest BCUT2D eigenvalue weighted by atomic mass is 16.5. The predicted octanol–water partition coefficient (Wildman–Crippen LogP) is 3.66. The van der Waals surface area contributed by atoms with Crippen LogP contribution in [0.4, 0.5) is 10.5 Å². The lowest BCUT2D eigenvalue weighted by atomic mass is 9.84. The Kier molecular flexibility index (Phi) is 4.59. The molecule has 1 aromatic carbocycles. The van der Waals surface area contributed by atoms with Crippen molar-refractivity contribution in [2.45, 2.75) is 31.8 Å². The smallest absolute Gasteiger partial charge is 0.321 e. The molecule has 3 heterocycles. The highest BCUT2D eigenvalue weighted by molar-refractivity contribution is 5.90. The molecule has 6 nitrogen and oxygen atoms in total. The third-order valence-electron chi connectivity index (χ3n) is 5.32. The van der Waals surface area contributed by atoms with Gasteiger partial charge in [-0.2, -0.15) is 0 Å². The maximum Gasteiger partial charge on any atom is 0.321 e. The van der Waals surface area contributed by atoms with E-state index in [-0.39, 0.29) is 11.6 Å². The lowest BCUT2D eigenvalue weighted by Crippen LogP contribution is -2.54. The van der Waals surface area contributed by atoms with E-state index in [0.29, 0.717) is 6.61 Å². The molecular formula is C20H25N3O3. The van der Waals surface area contributed by atoms with Crippen LogP contribution in [0.2, 0.25) is 0 Å². The van der Waals surface area contributed by atoms with Gasteiger partial charge in [-0.3, -0.25) is 0 Å². The Balaban J connectivity index is 1.46. The minimum atomic E-state index is -0.0539. The number of piperidine rings is 1. The number of ether oxygens (including phenoxy) is 2. The van der Waals surface area contributed by atoms with Gasteiger partial charge in [0.2, 0.25) is 0 Å². The normalized spacial score (nSPS) is 18.4. The number of urea groups is 1. The van der Waals surface area contributed by atoms with Crippen molar-refractivity contribution < 1.29 is 14.3 Å². The Bertz CT molecular complexity index is 759. The molecule has 0 aliphatic carbocycles. The van der Waals surface area contributed by atoms with Crippen LogP contribution >= 0.6 is 0 Å². The van der Waals surface area contributed by atoms with Gasteiger partial charge in [0, 0.05) is 31.2 Å². The average Bonchev–Trinajstić information content (AvgIpc) is 3.16. The van der Waals surface area contributed by atoms with E-state index in [1.165, 1.54) is 0 Å². The van der Waals surface area contributed by atoms with Gasteiger partial charge in [-0.05, 0) is 56.5 Å². The molecule has 2 amide bonds. The Labute approximate surface area is 153 Å². The van der Waals surface area contributed by atoms with Gasteiger partial charge in [0.05, 0.1) is 24.5 Å². The fourth-order valence-corrected chi connectivity index (χ4v) is 3.67. The van der Waals surface area contributed by atoms with Gasteiger partial charge in [-0.1, -0.05) is 0 Å². The highest BCUT2D eigenvalue weighted by Gasteiger charge is 2.41. The van der Waals surface area contributed by atoms with E-state index in [0.717, 1.165) is 56.1 Å².